The van der Waals surface area contributed by atoms with Crippen molar-refractivity contribution in [1.29, 1.82) is 0 Å². The van der Waals surface area contributed by atoms with Gasteiger partial charge in [0.15, 0.2) is 0 Å². The summed E-state index contributed by atoms with van der Waals surface area (Å²) in [6, 6.07) is 0. The van der Waals surface area contributed by atoms with Crippen molar-refractivity contribution in [3.05, 3.63) is 0 Å². The molecule has 0 amide bonds. The van der Waals surface area contributed by atoms with Gasteiger partial charge in [-0.1, -0.05) is 13.8 Å². The van der Waals surface area contributed by atoms with Gasteiger partial charge in [0.2, 0.25) is 0 Å². The Bertz CT molecular complexity index is 212. The van der Waals surface area contributed by atoms with E-state index in [9.17, 15) is 9.59 Å². The second-order valence-corrected chi connectivity index (χ2v) is 3.61. The maximum atomic E-state index is 11.2. The number of methoxy groups -OCH3 is 1. The first-order chi connectivity index (χ1) is 6.99. The van der Waals surface area contributed by atoms with Crippen LogP contribution in [0.1, 0.15) is 20.3 Å². The number of rotatable bonds is 7. The van der Waals surface area contributed by atoms with E-state index in [1.54, 1.807) is 13.8 Å². The molecule has 1 atom stereocenters. The molecular weight excluding hydrogens is 200 g/mol. The van der Waals surface area contributed by atoms with Gasteiger partial charge in [0.05, 0.1) is 18.9 Å². The van der Waals surface area contributed by atoms with E-state index >= 15 is 0 Å². The SMILES string of the molecule is COCCOC(=O)C[C@H](C(=O)O)C(C)C. The Labute approximate surface area is 89.4 Å². The minimum absolute atomic E-state index is 0.0857. The predicted molar refractivity (Wildman–Crippen MR) is 53.4 cm³/mol. The quantitative estimate of drug-likeness (QED) is 0.508. The third kappa shape index (κ3) is 6.06. The van der Waals surface area contributed by atoms with Crippen molar-refractivity contribution in [3.8, 4) is 0 Å². The van der Waals surface area contributed by atoms with Crippen molar-refractivity contribution in [3.63, 3.8) is 0 Å². The highest BCUT2D eigenvalue weighted by Gasteiger charge is 2.25. The van der Waals surface area contributed by atoms with Crippen LogP contribution >= 0.6 is 0 Å². The highest BCUT2D eigenvalue weighted by molar-refractivity contribution is 5.78. The molecule has 0 unspecified atom stereocenters. The molecule has 0 aromatic rings. The molecule has 88 valence electrons. The number of hydrogen-bond donors (Lipinski definition) is 1. The van der Waals surface area contributed by atoms with Crippen molar-refractivity contribution in [2.24, 2.45) is 11.8 Å². The summed E-state index contributed by atoms with van der Waals surface area (Å²) in [5.74, 6) is -2.22. The molecule has 0 spiro atoms. The molecule has 0 aliphatic heterocycles. The van der Waals surface area contributed by atoms with Gasteiger partial charge in [-0.05, 0) is 5.92 Å². The molecule has 0 heterocycles. The zero-order chi connectivity index (χ0) is 11.8. The summed E-state index contributed by atoms with van der Waals surface area (Å²) in [5, 5.41) is 8.83. The molecule has 5 heteroatoms. The van der Waals surface area contributed by atoms with Gasteiger partial charge in [-0.2, -0.15) is 0 Å². The van der Waals surface area contributed by atoms with Gasteiger partial charge >= 0.3 is 11.9 Å². The van der Waals surface area contributed by atoms with E-state index in [-0.39, 0.29) is 18.9 Å². The smallest absolute Gasteiger partial charge is 0.307 e. The van der Waals surface area contributed by atoms with E-state index < -0.39 is 17.9 Å². The molecule has 0 fully saturated rings. The lowest BCUT2D eigenvalue weighted by Crippen LogP contribution is -2.24. The Balaban J connectivity index is 3.95. The lowest BCUT2D eigenvalue weighted by Gasteiger charge is -2.14. The number of esters is 1. The minimum Gasteiger partial charge on any atom is -0.481 e. The van der Waals surface area contributed by atoms with Crippen molar-refractivity contribution in [1.82, 2.24) is 0 Å². The number of hydrogen-bond acceptors (Lipinski definition) is 4. The van der Waals surface area contributed by atoms with E-state index in [1.165, 1.54) is 7.11 Å². The van der Waals surface area contributed by atoms with E-state index in [1.807, 2.05) is 0 Å². The van der Waals surface area contributed by atoms with Crippen LogP contribution in [-0.4, -0.2) is 37.4 Å². The molecule has 0 bridgehead atoms. The van der Waals surface area contributed by atoms with E-state index in [0.29, 0.717) is 6.61 Å². The number of aliphatic carboxylic acids is 1. The number of carbonyl (C=O) groups is 2. The van der Waals surface area contributed by atoms with Crippen LogP contribution in [0.3, 0.4) is 0 Å². The molecule has 0 radical (unpaired) electrons. The van der Waals surface area contributed by atoms with Gasteiger partial charge in [-0.15, -0.1) is 0 Å². The second kappa shape index (κ2) is 7.23. The molecule has 0 aromatic carbocycles. The summed E-state index contributed by atoms with van der Waals surface area (Å²) in [5.41, 5.74) is 0. The largest absolute Gasteiger partial charge is 0.481 e. The van der Waals surface area contributed by atoms with Crippen LogP contribution < -0.4 is 0 Å². The lowest BCUT2D eigenvalue weighted by atomic mass is 9.93. The van der Waals surface area contributed by atoms with Crippen molar-refractivity contribution < 1.29 is 24.2 Å². The molecule has 0 aliphatic rings. The second-order valence-electron chi connectivity index (χ2n) is 3.61. The minimum atomic E-state index is -0.964. The van der Waals surface area contributed by atoms with E-state index in [4.69, 9.17) is 14.6 Å². The molecule has 0 saturated heterocycles. The van der Waals surface area contributed by atoms with Gasteiger partial charge < -0.3 is 14.6 Å². The third-order valence-corrected chi connectivity index (χ3v) is 2.06. The van der Waals surface area contributed by atoms with Crippen LogP contribution in [0.25, 0.3) is 0 Å². The number of carbonyl (C=O) groups excluding carboxylic acids is 1. The highest BCUT2D eigenvalue weighted by Crippen LogP contribution is 2.15. The summed E-state index contributed by atoms with van der Waals surface area (Å²) >= 11 is 0. The molecule has 5 nitrogen and oxygen atoms in total. The molecule has 0 aromatic heterocycles. The third-order valence-electron chi connectivity index (χ3n) is 2.06. The maximum Gasteiger partial charge on any atom is 0.307 e. The van der Waals surface area contributed by atoms with E-state index in [0.717, 1.165) is 0 Å². The zero-order valence-corrected chi connectivity index (χ0v) is 9.36. The highest BCUT2D eigenvalue weighted by atomic mass is 16.6. The topological polar surface area (TPSA) is 72.8 Å². The first kappa shape index (κ1) is 13.9. The standard InChI is InChI=1S/C10H18O5/c1-7(2)8(10(12)13)6-9(11)15-5-4-14-3/h7-8H,4-6H2,1-3H3,(H,12,13)/t8-/m0/s1. The molecule has 1 N–H and O–H groups in total. The Kier molecular flexibility index (Phi) is 6.70. The van der Waals surface area contributed by atoms with Gasteiger partial charge in [0.25, 0.3) is 0 Å². The average Bonchev–Trinajstić information content (AvgIpc) is 2.13. The van der Waals surface area contributed by atoms with Gasteiger partial charge in [0.1, 0.15) is 6.61 Å². The molecule has 0 saturated carbocycles. The van der Waals surface area contributed by atoms with Crippen LogP contribution in [0, 0.1) is 11.8 Å². The van der Waals surface area contributed by atoms with Crippen molar-refractivity contribution in [2.75, 3.05) is 20.3 Å². The fourth-order valence-electron chi connectivity index (χ4n) is 1.09. The number of carboxylic acid groups (broad SMARTS) is 1. The fraction of sp³-hybridized carbons (Fsp3) is 0.800. The summed E-state index contributed by atoms with van der Waals surface area (Å²) < 4.78 is 9.48. The summed E-state index contributed by atoms with van der Waals surface area (Å²) in [7, 11) is 1.50. The Morgan fingerprint density at radius 2 is 1.87 bits per heavy atom. The Hall–Kier alpha value is -1.10. The first-order valence-corrected chi connectivity index (χ1v) is 4.86. The van der Waals surface area contributed by atoms with Crippen LogP contribution in [0.4, 0.5) is 0 Å². The maximum absolute atomic E-state index is 11.2. The van der Waals surface area contributed by atoms with Crippen LogP contribution in [0.5, 0.6) is 0 Å². The zero-order valence-electron chi connectivity index (χ0n) is 9.36. The van der Waals surface area contributed by atoms with Crippen molar-refractivity contribution in [2.45, 2.75) is 20.3 Å². The van der Waals surface area contributed by atoms with Crippen LogP contribution in [0.15, 0.2) is 0 Å². The van der Waals surface area contributed by atoms with Crippen LogP contribution in [-0.2, 0) is 19.1 Å². The predicted octanol–water partition coefficient (Wildman–Crippen LogP) is 0.923. The first-order valence-electron chi connectivity index (χ1n) is 4.86. The summed E-state index contributed by atoms with van der Waals surface area (Å²) in [6.07, 6.45) is -0.0866. The number of carboxylic acids is 1. The number of ether oxygens (including phenoxy) is 2. The van der Waals surface area contributed by atoms with Crippen molar-refractivity contribution >= 4 is 11.9 Å². The lowest BCUT2D eigenvalue weighted by molar-refractivity contribution is -0.153. The monoisotopic (exact) mass is 218 g/mol. The van der Waals surface area contributed by atoms with Gasteiger partial charge in [-0.3, -0.25) is 9.59 Å². The Morgan fingerprint density at radius 3 is 2.27 bits per heavy atom. The summed E-state index contributed by atoms with van der Waals surface area (Å²) in [4.78, 5) is 22.0. The van der Waals surface area contributed by atoms with Gasteiger partial charge in [0, 0.05) is 7.11 Å². The molecule has 15 heavy (non-hydrogen) atoms. The van der Waals surface area contributed by atoms with Gasteiger partial charge in [-0.25, -0.2) is 0 Å². The van der Waals surface area contributed by atoms with Crippen LogP contribution in [0.2, 0.25) is 0 Å². The molecule has 0 aliphatic carbocycles. The van der Waals surface area contributed by atoms with E-state index in [2.05, 4.69) is 0 Å². The normalized spacial score (nSPS) is 12.5. The molecule has 0 rings (SSSR count). The molecular formula is C10H18O5. The fourth-order valence-corrected chi connectivity index (χ4v) is 1.09. The Morgan fingerprint density at radius 1 is 1.27 bits per heavy atom. The summed E-state index contributed by atoms with van der Waals surface area (Å²) in [6.45, 7) is 4.02. The average molecular weight is 218 g/mol.